The van der Waals surface area contributed by atoms with E-state index in [-0.39, 0.29) is 11.3 Å². The quantitative estimate of drug-likeness (QED) is 0.580. The first-order chi connectivity index (χ1) is 6.90. The van der Waals surface area contributed by atoms with E-state index < -0.39 is 14.8 Å². The molecular weight excluding hydrogens is 218 g/mol. The van der Waals surface area contributed by atoms with Crippen LogP contribution in [-0.4, -0.2) is 19.6 Å². The van der Waals surface area contributed by atoms with Gasteiger partial charge in [0.05, 0.1) is 10.5 Å². The van der Waals surface area contributed by atoms with Gasteiger partial charge in [0.15, 0.2) is 9.84 Å². The van der Waals surface area contributed by atoms with Gasteiger partial charge in [0.1, 0.15) is 0 Å². The predicted molar refractivity (Wildman–Crippen MR) is 57.0 cm³/mol. The summed E-state index contributed by atoms with van der Waals surface area (Å²) in [7, 11) is -3.27. The first kappa shape index (κ1) is 11.4. The van der Waals surface area contributed by atoms with Crippen LogP contribution in [0.5, 0.6) is 0 Å². The maximum atomic E-state index is 10.8. The summed E-state index contributed by atoms with van der Waals surface area (Å²) in [6.07, 6.45) is 2.24. The van der Waals surface area contributed by atoms with Crippen molar-refractivity contribution in [1.82, 2.24) is 0 Å². The Morgan fingerprint density at radius 2 is 1.93 bits per heavy atom. The SMILES string of the molecule is CS(=O)(=O)/C=C/c1ccccc1[N+](=O)[O-]. The molecule has 80 valence electrons. The van der Waals surface area contributed by atoms with Gasteiger partial charge in [-0.15, -0.1) is 0 Å². The lowest BCUT2D eigenvalue weighted by Gasteiger charge is -1.95. The van der Waals surface area contributed by atoms with Crippen LogP contribution >= 0.6 is 0 Å². The highest BCUT2D eigenvalue weighted by molar-refractivity contribution is 7.93. The van der Waals surface area contributed by atoms with E-state index in [1.807, 2.05) is 0 Å². The molecule has 5 nitrogen and oxygen atoms in total. The maximum Gasteiger partial charge on any atom is 0.276 e. The van der Waals surface area contributed by atoms with Gasteiger partial charge in [-0.3, -0.25) is 10.1 Å². The van der Waals surface area contributed by atoms with Crippen molar-refractivity contribution in [3.05, 3.63) is 45.4 Å². The van der Waals surface area contributed by atoms with Crippen molar-refractivity contribution in [2.45, 2.75) is 0 Å². The minimum absolute atomic E-state index is 0.114. The lowest BCUT2D eigenvalue weighted by molar-refractivity contribution is -0.385. The van der Waals surface area contributed by atoms with Gasteiger partial charge < -0.3 is 0 Å². The number of rotatable bonds is 3. The van der Waals surface area contributed by atoms with Crippen LogP contribution < -0.4 is 0 Å². The van der Waals surface area contributed by atoms with Crippen molar-refractivity contribution in [3.8, 4) is 0 Å². The lowest BCUT2D eigenvalue weighted by Crippen LogP contribution is -1.92. The second-order valence-corrected chi connectivity index (χ2v) is 4.88. The number of nitro benzene ring substituents is 1. The smallest absolute Gasteiger partial charge is 0.258 e. The lowest BCUT2D eigenvalue weighted by atomic mass is 10.2. The predicted octanol–water partition coefficient (Wildman–Crippen LogP) is 1.61. The van der Waals surface area contributed by atoms with Crippen molar-refractivity contribution >= 4 is 21.6 Å². The zero-order chi connectivity index (χ0) is 11.5. The number of nitrogens with zero attached hydrogens (tertiary/aromatic N) is 1. The van der Waals surface area contributed by atoms with E-state index >= 15 is 0 Å². The van der Waals surface area contributed by atoms with Crippen LogP contribution in [0.25, 0.3) is 6.08 Å². The Morgan fingerprint density at radius 3 is 2.47 bits per heavy atom. The van der Waals surface area contributed by atoms with Gasteiger partial charge >= 0.3 is 0 Å². The van der Waals surface area contributed by atoms with Crippen molar-refractivity contribution in [2.75, 3.05) is 6.26 Å². The largest absolute Gasteiger partial charge is 0.276 e. The average Bonchev–Trinajstić information content (AvgIpc) is 2.14. The van der Waals surface area contributed by atoms with Crippen molar-refractivity contribution in [3.63, 3.8) is 0 Å². The minimum Gasteiger partial charge on any atom is -0.258 e. The van der Waals surface area contributed by atoms with Gasteiger partial charge in [0, 0.05) is 17.7 Å². The average molecular weight is 227 g/mol. The van der Waals surface area contributed by atoms with Crippen LogP contribution in [0, 0.1) is 10.1 Å². The molecule has 1 aromatic carbocycles. The van der Waals surface area contributed by atoms with Gasteiger partial charge in [-0.25, -0.2) is 8.42 Å². The Morgan fingerprint density at radius 1 is 1.33 bits per heavy atom. The zero-order valence-corrected chi connectivity index (χ0v) is 8.77. The second-order valence-electron chi connectivity index (χ2n) is 2.95. The molecular formula is C9H9NO4S. The fourth-order valence-electron chi connectivity index (χ4n) is 0.992. The monoisotopic (exact) mass is 227 g/mol. The zero-order valence-electron chi connectivity index (χ0n) is 7.95. The van der Waals surface area contributed by atoms with Crippen LogP contribution in [-0.2, 0) is 9.84 Å². The molecule has 0 amide bonds. The van der Waals surface area contributed by atoms with Gasteiger partial charge in [-0.2, -0.15) is 0 Å². The Kier molecular flexibility index (Phi) is 3.21. The van der Waals surface area contributed by atoms with E-state index in [4.69, 9.17) is 0 Å². The Labute approximate surface area is 87.1 Å². The highest BCUT2D eigenvalue weighted by atomic mass is 32.2. The van der Waals surface area contributed by atoms with Crippen molar-refractivity contribution in [2.24, 2.45) is 0 Å². The van der Waals surface area contributed by atoms with Crippen LogP contribution in [0.4, 0.5) is 5.69 Å². The van der Waals surface area contributed by atoms with E-state index in [0.717, 1.165) is 11.7 Å². The molecule has 1 aromatic rings. The summed E-state index contributed by atoms with van der Waals surface area (Å²) in [4.78, 5) is 10.0. The molecule has 0 heterocycles. The molecule has 0 saturated heterocycles. The molecule has 0 atom stereocenters. The summed E-state index contributed by atoms with van der Waals surface area (Å²) < 4.78 is 21.7. The van der Waals surface area contributed by atoms with Crippen LogP contribution in [0.1, 0.15) is 5.56 Å². The van der Waals surface area contributed by atoms with E-state index in [2.05, 4.69) is 0 Å². The summed E-state index contributed by atoms with van der Waals surface area (Å²) in [5, 5.41) is 11.5. The molecule has 0 aliphatic rings. The molecule has 0 aromatic heterocycles. The highest BCUT2D eigenvalue weighted by Gasteiger charge is 2.09. The fourth-order valence-corrected chi connectivity index (χ4v) is 1.39. The molecule has 0 aliphatic heterocycles. The summed E-state index contributed by atoms with van der Waals surface area (Å²) in [6.45, 7) is 0. The Hall–Kier alpha value is -1.69. The Balaban J connectivity index is 3.16. The summed E-state index contributed by atoms with van der Waals surface area (Å²) in [6, 6.07) is 5.94. The van der Waals surface area contributed by atoms with Crippen molar-refractivity contribution in [1.29, 1.82) is 0 Å². The van der Waals surface area contributed by atoms with Crippen molar-refractivity contribution < 1.29 is 13.3 Å². The highest BCUT2D eigenvalue weighted by Crippen LogP contribution is 2.19. The molecule has 6 heteroatoms. The Bertz CT molecular complexity index is 505. The summed E-state index contributed by atoms with van der Waals surface area (Å²) in [5.74, 6) is 0. The topological polar surface area (TPSA) is 77.3 Å². The van der Waals surface area contributed by atoms with Gasteiger partial charge in [-0.1, -0.05) is 12.1 Å². The molecule has 0 bridgehead atoms. The third-order valence-electron chi connectivity index (χ3n) is 1.63. The number of nitro groups is 1. The molecule has 0 saturated carbocycles. The number of hydrogen-bond acceptors (Lipinski definition) is 4. The van der Waals surface area contributed by atoms with Crippen LogP contribution in [0.3, 0.4) is 0 Å². The second kappa shape index (κ2) is 4.22. The molecule has 1 rings (SSSR count). The standard InChI is InChI=1S/C9H9NO4S/c1-15(13,14)7-6-8-4-2-3-5-9(8)10(11)12/h2-7H,1H3/b7-6+. The van der Waals surface area contributed by atoms with Crippen LogP contribution in [0.15, 0.2) is 29.7 Å². The molecule has 15 heavy (non-hydrogen) atoms. The van der Waals surface area contributed by atoms with Gasteiger partial charge in [0.2, 0.25) is 0 Å². The molecule has 0 aliphatic carbocycles. The first-order valence-electron chi connectivity index (χ1n) is 4.02. The summed E-state index contributed by atoms with van der Waals surface area (Å²) >= 11 is 0. The van der Waals surface area contributed by atoms with E-state index in [9.17, 15) is 18.5 Å². The normalized spacial score (nSPS) is 11.8. The summed E-state index contributed by atoms with van der Waals surface area (Å²) in [5.41, 5.74) is 0.158. The number of hydrogen-bond donors (Lipinski definition) is 0. The third-order valence-corrected chi connectivity index (χ3v) is 2.26. The molecule has 0 unspecified atom stereocenters. The van der Waals surface area contributed by atoms with E-state index in [1.165, 1.54) is 24.3 Å². The number of para-hydroxylation sites is 1. The minimum atomic E-state index is -3.27. The van der Waals surface area contributed by atoms with Gasteiger partial charge in [-0.05, 0) is 12.1 Å². The molecule has 0 radical (unpaired) electrons. The third kappa shape index (κ3) is 3.51. The van der Waals surface area contributed by atoms with Crippen LogP contribution in [0.2, 0.25) is 0 Å². The van der Waals surface area contributed by atoms with E-state index in [0.29, 0.717) is 0 Å². The van der Waals surface area contributed by atoms with Gasteiger partial charge in [0.25, 0.3) is 5.69 Å². The molecule has 0 N–H and O–H groups in total. The molecule has 0 spiro atoms. The number of benzene rings is 1. The van der Waals surface area contributed by atoms with E-state index in [1.54, 1.807) is 6.07 Å². The maximum absolute atomic E-state index is 10.8. The first-order valence-corrected chi connectivity index (χ1v) is 5.97. The fraction of sp³-hybridized carbons (Fsp3) is 0.111. The number of sulfone groups is 1. The molecule has 0 fully saturated rings.